The third-order valence-electron chi connectivity index (χ3n) is 2.90. The first-order chi connectivity index (χ1) is 8.65. The van der Waals surface area contributed by atoms with Gasteiger partial charge in [0, 0.05) is 11.8 Å². The summed E-state index contributed by atoms with van der Waals surface area (Å²) in [6.45, 7) is 2.00. The fourth-order valence-electron chi connectivity index (χ4n) is 2.11. The number of aromatic nitrogens is 2. The molecule has 0 saturated carbocycles. The maximum atomic E-state index is 13.3. The topological polar surface area (TPSA) is 43.8 Å². The van der Waals surface area contributed by atoms with Gasteiger partial charge < -0.3 is 5.73 Å². The molecule has 90 valence electrons. The van der Waals surface area contributed by atoms with Crippen LogP contribution in [0, 0.1) is 12.7 Å². The molecule has 1 heterocycles. The van der Waals surface area contributed by atoms with Crippen molar-refractivity contribution in [3.8, 4) is 5.69 Å². The zero-order valence-corrected chi connectivity index (χ0v) is 9.89. The monoisotopic (exact) mass is 241 g/mol. The summed E-state index contributed by atoms with van der Waals surface area (Å²) >= 11 is 0. The highest BCUT2D eigenvalue weighted by Crippen LogP contribution is 2.24. The highest BCUT2D eigenvalue weighted by atomic mass is 19.1. The molecule has 1 aromatic heterocycles. The molecule has 0 aliphatic heterocycles. The van der Waals surface area contributed by atoms with Gasteiger partial charge in [-0.1, -0.05) is 12.1 Å². The minimum Gasteiger partial charge on any atom is -0.369 e. The minimum atomic E-state index is -0.295. The average Bonchev–Trinajstić information content (AvgIpc) is 2.64. The fraction of sp³-hybridized carbons (Fsp3) is 0.0714. The highest BCUT2D eigenvalue weighted by Gasteiger charge is 2.10. The number of fused-ring (bicyclic) bond motifs is 1. The zero-order valence-electron chi connectivity index (χ0n) is 9.89. The van der Waals surface area contributed by atoms with Gasteiger partial charge in [-0.3, -0.25) is 4.57 Å². The smallest absolute Gasteiger partial charge is 0.205 e. The Balaban J connectivity index is 2.34. The van der Waals surface area contributed by atoms with Crippen molar-refractivity contribution in [1.82, 2.24) is 9.55 Å². The molecule has 0 amide bonds. The lowest BCUT2D eigenvalue weighted by atomic mass is 10.2. The van der Waals surface area contributed by atoms with Crippen molar-refractivity contribution in [2.45, 2.75) is 6.92 Å². The van der Waals surface area contributed by atoms with E-state index in [0.29, 0.717) is 17.0 Å². The predicted octanol–water partition coefficient (Wildman–Crippen LogP) is 3.06. The van der Waals surface area contributed by atoms with Gasteiger partial charge in [-0.15, -0.1) is 0 Å². The first-order valence-electron chi connectivity index (χ1n) is 5.66. The number of hydrogen-bond acceptors (Lipinski definition) is 2. The Hall–Kier alpha value is -2.36. The largest absolute Gasteiger partial charge is 0.369 e. The first-order valence-corrected chi connectivity index (χ1v) is 5.66. The Labute approximate surface area is 104 Å². The van der Waals surface area contributed by atoms with Gasteiger partial charge in [0.25, 0.3) is 0 Å². The molecule has 0 aliphatic carbocycles. The molecule has 0 atom stereocenters. The summed E-state index contributed by atoms with van der Waals surface area (Å²) < 4.78 is 15.1. The quantitative estimate of drug-likeness (QED) is 0.711. The van der Waals surface area contributed by atoms with Gasteiger partial charge in [-0.05, 0) is 36.8 Å². The minimum absolute atomic E-state index is 0.295. The van der Waals surface area contributed by atoms with E-state index in [0.717, 1.165) is 11.3 Å². The summed E-state index contributed by atoms with van der Waals surface area (Å²) in [5.41, 5.74) is 9.29. The number of halogens is 1. The number of benzene rings is 2. The van der Waals surface area contributed by atoms with E-state index < -0.39 is 0 Å². The molecule has 3 aromatic rings. The molecule has 3 nitrogen and oxygen atoms in total. The van der Waals surface area contributed by atoms with E-state index in [9.17, 15) is 4.39 Å². The Bertz CT molecular complexity index is 731. The Morgan fingerprint density at radius 2 is 2.00 bits per heavy atom. The van der Waals surface area contributed by atoms with Crippen molar-refractivity contribution in [3.63, 3.8) is 0 Å². The predicted molar refractivity (Wildman–Crippen MR) is 70.2 cm³/mol. The number of rotatable bonds is 1. The number of imidazole rings is 1. The van der Waals surface area contributed by atoms with E-state index in [4.69, 9.17) is 5.73 Å². The maximum Gasteiger partial charge on any atom is 0.205 e. The van der Waals surface area contributed by atoms with E-state index in [1.54, 1.807) is 10.6 Å². The molecule has 0 unspecified atom stereocenters. The lowest BCUT2D eigenvalue weighted by Gasteiger charge is -2.07. The van der Waals surface area contributed by atoms with Gasteiger partial charge in [0.2, 0.25) is 5.95 Å². The van der Waals surface area contributed by atoms with Crippen LogP contribution >= 0.6 is 0 Å². The summed E-state index contributed by atoms with van der Waals surface area (Å²) in [6, 6.07) is 12.3. The van der Waals surface area contributed by atoms with Gasteiger partial charge in [0.1, 0.15) is 5.82 Å². The van der Waals surface area contributed by atoms with Crippen LogP contribution < -0.4 is 5.73 Å². The lowest BCUT2D eigenvalue weighted by Crippen LogP contribution is -2.00. The maximum absolute atomic E-state index is 13.3. The van der Waals surface area contributed by atoms with Crippen LogP contribution in [-0.4, -0.2) is 9.55 Å². The highest BCUT2D eigenvalue weighted by molar-refractivity contribution is 5.80. The van der Waals surface area contributed by atoms with Crippen molar-refractivity contribution in [1.29, 1.82) is 0 Å². The lowest BCUT2D eigenvalue weighted by molar-refractivity contribution is 0.629. The summed E-state index contributed by atoms with van der Waals surface area (Å²) in [5.74, 6) is 0.0671. The molecule has 3 rings (SSSR count). The van der Waals surface area contributed by atoms with Gasteiger partial charge in [-0.25, -0.2) is 9.37 Å². The van der Waals surface area contributed by atoms with Crippen LogP contribution in [-0.2, 0) is 0 Å². The second-order valence-electron chi connectivity index (χ2n) is 4.28. The summed E-state index contributed by atoms with van der Waals surface area (Å²) in [7, 11) is 0. The Kier molecular flexibility index (Phi) is 2.30. The molecule has 2 aromatic carbocycles. The van der Waals surface area contributed by atoms with E-state index in [2.05, 4.69) is 4.98 Å². The number of aryl methyl sites for hydroxylation is 1. The van der Waals surface area contributed by atoms with Crippen LogP contribution in [0.4, 0.5) is 10.3 Å². The molecule has 0 spiro atoms. The summed E-state index contributed by atoms with van der Waals surface area (Å²) in [4.78, 5) is 4.23. The average molecular weight is 241 g/mol. The van der Waals surface area contributed by atoms with E-state index in [-0.39, 0.29) is 5.82 Å². The fourth-order valence-corrected chi connectivity index (χ4v) is 2.11. The number of nitrogens with zero attached hydrogens (tertiary/aromatic N) is 2. The molecule has 0 saturated heterocycles. The molecule has 4 heteroatoms. The molecule has 0 radical (unpaired) electrons. The van der Waals surface area contributed by atoms with E-state index >= 15 is 0 Å². The SMILES string of the molecule is Cc1cccc(-n2c(N)nc3ccc(F)cc32)c1. The number of nitrogen functional groups attached to an aromatic ring is 1. The van der Waals surface area contributed by atoms with Crippen LogP contribution in [0.5, 0.6) is 0 Å². The standard InChI is InChI=1S/C14H12FN3/c1-9-3-2-4-11(7-9)18-13-8-10(15)5-6-12(13)17-14(18)16/h2-8H,1H3,(H2,16,17). The van der Waals surface area contributed by atoms with Crippen LogP contribution in [0.2, 0.25) is 0 Å². The van der Waals surface area contributed by atoms with E-state index in [1.165, 1.54) is 12.1 Å². The Morgan fingerprint density at radius 1 is 1.17 bits per heavy atom. The molecular weight excluding hydrogens is 229 g/mol. The van der Waals surface area contributed by atoms with Crippen molar-refractivity contribution >= 4 is 17.0 Å². The van der Waals surface area contributed by atoms with Gasteiger partial charge >= 0.3 is 0 Å². The number of hydrogen-bond donors (Lipinski definition) is 1. The third kappa shape index (κ3) is 1.62. The van der Waals surface area contributed by atoms with Crippen molar-refractivity contribution in [3.05, 3.63) is 53.8 Å². The molecule has 0 bridgehead atoms. The second kappa shape index (κ2) is 3.84. The van der Waals surface area contributed by atoms with Crippen LogP contribution in [0.1, 0.15) is 5.56 Å². The second-order valence-corrected chi connectivity index (χ2v) is 4.28. The number of anilines is 1. The van der Waals surface area contributed by atoms with Crippen LogP contribution in [0.3, 0.4) is 0 Å². The zero-order chi connectivity index (χ0) is 12.7. The Morgan fingerprint density at radius 3 is 2.78 bits per heavy atom. The van der Waals surface area contributed by atoms with Crippen molar-refractivity contribution < 1.29 is 4.39 Å². The third-order valence-corrected chi connectivity index (χ3v) is 2.90. The van der Waals surface area contributed by atoms with Crippen molar-refractivity contribution in [2.75, 3.05) is 5.73 Å². The summed E-state index contributed by atoms with van der Waals surface area (Å²) in [6.07, 6.45) is 0. The molecule has 0 aliphatic rings. The first kappa shape index (κ1) is 10.8. The van der Waals surface area contributed by atoms with Crippen LogP contribution in [0.15, 0.2) is 42.5 Å². The molecule has 0 fully saturated rings. The normalized spacial score (nSPS) is 11.0. The van der Waals surface area contributed by atoms with Gasteiger partial charge in [-0.2, -0.15) is 0 Å². The van der Waals surface area contributed by atoms with Gasteiger partial charge in [0.05, 0.1) is 11.0 Å². The molecule has 2 N–H and O–H groups in total. The summed E-state index contributed by atoms with van der Waals surface area (Å²) in [5, 5.41) is 0. The van der Waals surface area contributed by atoms with Crippen molar-refractivity contribution in [2.24, 2.45) is 0 Å². The van der Waals surface area contributed by atoms with E-state index in [1.807, 2.05) is 31.2 Å². The van der Waals surface area contributed by atoms with Crippen LogP contribution in [0.25, 0.3) is 16.7 Å². The molecule has 18 heavy (non-hydrogen) atoms. The number of nitrogens with two attached hydrogens (primary N) is 1. The molecular formula is C14H12FN3. The van der Waals surface area contributed by atoms with Gasteiger partial charge in [0.15, 0.2) is 0 Å².